The first-order chi connectivity index (χ1) is 15.6. The molecule has 0 bridgehead atoms. The van der Waals surface area contributed by atoms with Crippen LogP contribution in [0, 0.1) is 17.2 Å². The summed E-state index contributed by atoms with van der Waals surface area (Å²) in [5.41, 5.74) is -1.04. The molecule has 0 aromatic heterocycles. The highest BCUT2D eigenvalue weighted by atomic mass is 16.6. The number of nitriles is 1. The number of aromatic hydroxyl groups is 1. The molecule has 9 heteroatoms. The molecular formula is C25H38N4O5. The van der Waals surface area contributed by atoms with Crippen LogP contribution in [0.3, 0.4) is 0 Å². The number of carbonyl (C=O) groups excluding carboxylic acids is 3. The second kappa shape index (κ2) is 11.7. The van der Waals surface area contributed by atoms with Gasteiger partial charge in [-0.05, 0) is 65.2 Å². The predicted molar refractivity (Wildman–Crippen MR) is 129 cm³/mol. The van der Waals surface area contributed by atoms with Crippen LogP contribution in [0.5, 0.6) is 5.75 Å². The second-order valence-electron chi connectivity index (χ2n) is 10.4. The zero-order chi connectivity index (χ0) is 26.3. The summed E-state index contributed by atoms with van der Waals surface area (Å²) in [6, 6.07) is 5.70. The number of ether oxygens (including phenoxy) is 1. The predicted octanol–water partition coefficient (Wildman–Crippen LogP) is 3.64. The lowest BCUT2D eigenvalue weighted by molar-refractivity contribution is -0.143. The van der Waals surface area contributed by atoms with E-state index in [0.29, 0.717) is 12.0 Å². The fourth-order valence-corrected chi connectivity index (χ4v) is 3.27. The van der Waals surface area contributed by atoms with Crippen molar-refractivity contribution in [1.82, 2.24) is 15.5 Å². The molecule has 1 rings (SSSR count). The van der Waals surface area contributed by atoms with Crippen LogP contribution < -0.4 is 10.6 Å². The fraction of sp³-hybridized carbons (Fsp3) is 0.600. The van der Waals surface area contributed by atoms with Gasteiger partial charge in [0, 0.05) is 5.54 Å². The van der Waals surface area contributed by atoms with E-state index in [4.69, 9.17) is 4.74 Å². The number of nitrogens with one attached hydrogen (secondary N) is 2. The van der Waals surface area contributed by atoms with Gasteiger partial charge in [-0.2, -0.15) is 5.26 Å². The smallest absolute Gasteiger partial charge is 0.408 e. The van der Waals surface area contributed by atoms with E-state index in [0.717, 1.165) is 4.90 Å². The number of rotatable bonds is 8. The molecule has 0 spiro atoms. The minimum atomic E-state index is -1.20. The van der Waals surface area contributed by atoms with Crippen molar-refractivity contribution in [2.75, 3.05) is 6.54 Å². The van der Waals surface area contributed by atoms with Crippen molar-refractivity contribution in [2.24, 2.45) is 5.92 Å². The van der Waals surface area contributed by atoms with Crippen LogP contribution in [-0.2, 0) is 14.3 Å². The SMILES string of the molecule is CCC(C)C(NC(=O)OC(C)(C)C)C(=O)N(CC#N)C(C(=O)NC(C)(C)C)c1cccc(O)c1. The molecule has 188 valence electrons. The van der Waals surface area contributed by atoms with Gasteiger partial charge < -0.3 is 25.4 Å². The Morgan fingerprint density at radius 1 is 1.18 bits per heavy atom. The monoisotopic (exact) mass is 474 g/mol. The summed E-state index contributed by atoms with van der Waals surface area (Å²) < 4.78 is 5.33. The zero-order valence-corrected chi connectivity index (χ0v) is 21.4. The highest BCUT2D eigenvalue weighted by Crippen LogP contribution is 2.27. The Balaban J connectivity index is 3.50. The molecule has 0 aliphatic rings. The van der Waals surface area contributed by atoms with Gasteiger partial charge in [0.1, 0.15) is 30.0 Å². The minimum Gasteiger partial charge on any atom is -0.508 e. The number of hydrogen-bond donors (Lipinski definition) is 3. The molecule has 0 aliphatic carbocycles. The molecule has 3 atom stereocenters. The molecule has 34 heavy (non-hydrogen) atoms. The van der Waals surface area contributed by atoms with Gasteiger partial charge in [0.15, 0.2) is 0 Å². The highest BCUT2D eigenvalue weighted by molar-refractivity contribution is 5.92. The Morgan fingerprint density at radius 2 is 1.79 bits per heavy atom. The first-order valence-corrected chi connectivity index (χ1v) is 11.4. The average molecular weight is 475 g/mol. The molecule has 0 heterocycles. The van der Waals surface area contributed by atoms with Crippen molar-refractivity contribution >= 4 is 17.9 Å². The average Bonchev–Trinajstić information content (AvgIpc) is 2.68. The van der Waals surface area contributed by atoms with Crippen LogP contribution in [0.1, 0.15) is 73.4 Å². The van der Waals surface area contributed by atoms with Gasteiger partial charge in [-0.25, -0.2) is 4.79 Å². The van der Waals surface area contributed by atoms with Crippen LogP contribution >= 0.6 is 0 Å². The third-order valence-electron chi connectivity index (χ3n) is 4.92. The number of nitrogens with zero attached hydrogens (tertiary/aromatic N) is 2. The molecule has 3 N–H and O–H groups in total. The summed E-state index contributed by atoms with van der Waals surface area (Å²) in [5, 5.41) is 25.0. The van der Waals surface area contributed by atoms with E-state index in [1.54, 1.807) is 60.6 Å². The molecular weight excluding hydrogens is 436 g/mol. The van der Waals surface area contributed by atoms with Crippen LogP contribution in [0.25, 0.3) is 0 Å². The molecule has 0 fully saturated rings. The molecule has 1 aromatic rings. The Kier molecular flexibility index (Phi) is 9.92. The van der Waals surface area contributed by atoms with Crippen molar-refractivity contribution in [3.63, 3.8) is 0 Å². The van der Waals surface area contributed by atoms with E-state index in [9.17, 15) is 24.8 Å². The Bertz CT molecular complexity index is 911. The van der Waals surface area contributed by atoms with Crippen molar-refractivity contribution < 1.29 is 24.2 Å². The second-order valence-corrected chi connectivity index (χ2v) is 10.4. The molecule has 9 nitrogen and oxygen atoms in total. The number of phenols is 1. The molecule has 1 aromatic carbocycles. The summed E-state index contributed by atoms with van der Waals surface area (Å²) >= 11 is 0. The Labute approximate surface area is 202 Å². The van der Waals surface area contributed by atoms with Gasteiger partial charge in [0.2, 0.25) is 11.8 Å². The quantitative estimate of drug-likeness (QED) is 0.493. The lowest BCUT2D eigenvalue weighted by Crippen LogP contribution is -2.56. The van der Waals surface area contributed by atoms with Gasteiger partial charge in [-0.1, -0.05) is 32.4 Å². The van der Waals surface area contributed by atoms with E-state index < -0.39 is 47.7 Å². The van der Waals surface area contributed by atoms with Crippen molar-refractivity contribution in [1.29, 1.82) is 5.26 Å². The summed E-state index contributed by atoms with van der Waals surface area (Å²) in [6.45, 7) is 13.8. The number of alkyl carbamates (subject to hydrolysis) is 1. The van der Waals surface area contributed by atoms with Gasteiger partial charge in [0.05, 0.1) is 6.07 Å². The van der Waals surface area contributed by atoms with Crippen molar-refractivity contribution in [2.45, 2.75) is 85.0 Å². The zero-order valence-electron chi connectivity index (χ0n) is 21.4. The minimum absolute atomic E-state index is 0.0826. The molecule has 0 saturated heterocycles. The van der Waals surface area contributed by atoms with Crippen LogP contribution in [-0.4, -0.2) is 51.6 Å². The number of benzene rings is 1. The van der Waals surface area contributed by atoms with E-state index >= 15 is 0 Å². The van der Waals surface area contributed by atoms with Crippen LogP contribution in [0.4, 0.5) is 4.79 Å². The summed E-state index contributed by atoms with van der Waals surface area (Å²) in [4.78, 5) is 40.7. The maximum Gasteiger partial charge on any atom is 0.408 e. The largest absolute Gasteiger partial charge is 0.508 e. The molecule has 0 aliphatic heterocycles. The fourth-order valence-electron chi connectivity index (χ4n) is 3.27. The lowest BCUT2D eigenvalue weighted by atomic mass is 9.95. The Morgan fingerprint density at radius 3 is 2.26 bits per heavy atom. The molecule has 3 amide bonds. The maximum absolute atomic E-state index is 13.8. The van der Waals surface area contributed by atoms with E-state index in [-0.39, 0.29) is 11.7 Å². The molecule has 0 saturated carbocycles. The number of amides is 3. The van der Waals surface area contributed by atoms with E-state index in [2.05, 4.69) is 10.6 Å². The standard InChI is InChI=1S/C25H38N4O5/c1-9-16(2)19(27-23(33)34-25(6,7)8)22(32)29(14-13-26)20(21(31)28-24(3,4)5)17-11-10-12-18(30)15-17/h10-12,15-16,19-20,30H,9,14H2,1-8H3,(H,27,33)(H,28,31). The maximum atomic E-state index is 13.8. The van der Waals surface area contributed by atoms with Crippen molar-refractivity contribution in [3.05, 3.63) is 29.8 Å². The lowest BCUT2D eigenvalue weighted by Gasteiger charge is -2.36. The van der Waals surface area contributed by atoms with Gasteiger partial charge >= 0.3 is 6.09 Å². The van der Waals surface area contributed by atoms with Crippen LogP contribution in [0.15, 0.2) is 24.3 Å². The third-order valence-corrected chi connectivity index (χ3v) is 4.92. The van der Waals surface area contributed by atoms with Gasteiger partial charge in [0.25, 0.3) is 0 Å². The first kappa shape index (κ1) is 28.8. The van der Waals surface area contributed by atoms with E-state index in [1.165, 1.54) is 12.1 Å². The molecule has 3 unspecified atom stereocenters. The molecule has 0 radical (unpaired) electrons. The van der Waals surface area contributed by atoms with Crippen molar-refractivity contribution in [3.8, 4) is 11.8 Å². The summed E-state index contributed by atoms with van der Waals surface area (Å²) in [5.74, 6) is -1.50. The van der Waals surface area contributed by atoms with Crippen LogP contribution in [0.2, 0.25) is 0 Å². The topological polar surface area (TPSA) is 132 Å². The highest BCUT2D eigenvalue weighted by Gasteiger charge is 2.39. The number of carbonyl (C=O) groups is 3. The first-order valence-electron chi connectivity index (χ1n) is 11.4. The number of hydrogen-bond acceptors (Lipinski definition) is 6. The normalized spacial score (nSPS) is 14.2. The third kappa shape index (κ3) is 8.93. The van der Waals surface area contributed by atoms with E-state index in [1.807, 2.05) is 13.0 Å². The van der Waals surface area contributed by atoms with Gasteiger partial charge in [-0.3, -0.25) is 9.59 Å². The summed E-state index contributed by atoms with van der Waals surface area (Å²) in [6.07, 6.45) is -0.214. The summed E-state index contributed by atoms with van der Waals surface area (Å²) in [7, 11) is 0. The number of phenolic OH excluding ortho intramolecular Hbond substituents is 1. The Hall–Kier alpha value is -3.28. The van der Waals surface area contributed by atoms with Gasteiger partial charge in [-0.15, -0.1) is 0 Å².